The molecule has 0 aliphatic rings. The molecule has 2 aromatic rings. The van der Waals surface area contributed by atoms with Crippen LogP contribution in [0.2, 0.25) is 0 Å². The van der Waals surface area contributed by atoms with Crippen molar-refractivity contribution in [3.8, 4) is 0 Å². The lowest BCUT2D eigenvalue weighted by atomic mass is 10.2. The van der Waals surface area contributed by atoms with Crippen molar-refractivity contribution < 1.29 is 9.18 Å². The molecule has 2 rings (SSSR count). The zero-order chi connectivity index (χ0) is 13.0. The molecule has 6 heteroatoms. The number of aromatic nitrogens is 2. The smallest absolute Gasteiger partial charge is 0.252 e. The Morgan fingerprint density at radius 3 is 3.00 bits per heavy atom. The van der Waals surface area contributed by atoms with Gasteiger partial charge in [0.2, 0.25) is 0 Å². The first-order chi connectivity index (χ1) is 8.66. The molecular formula is C12H11BrFN3O. The van der Waals surface area contributed by atoms with Crippen LogP contribution >= 0.6 is 15.9 Å². The summed E-state index contributed by atoms with van der Waals surface area (Å²) in [7, 11) is 0. The molecule has 0 aliphatic carbocycles. The van der Waals surface area contributed by atoms with E-state index in [1.807, 2.05) is 12.3 Å². The average molecular weight is 312 g/mol. The fraction of sp³-hybridized carbons (Fsp3) is 0.167. The Balaban J connectivity index is 1.91. The van der Waals surface area contributed by atoms with Gasteiger partial charge in [0.25, 0.3) is 5.91 Å². The Bertz CT molecular complexity index is 542. The van der Waals surface area contributed by atoms with Crippen LogP contribution in [0.1, 0.15) is 10.4 Å². The largest absolute Gasteiger partial charge is 0.350 e. The SMILES string of the molecule is O=C(NCCn1cccn1)c1ccc(F)cc1Br. The van der Waals surface area contributed by atoms with E-state index in [1.165, 1.54) is 18.2 Å². The van der Waals surface area contributed by atoms with E-state index in [2.05, 4.69) is 26.3 Å². The van der Waals surface area contributed by atoms with E-state index in [-0.39, 0.29) is 11.7 Å². The van der Waals surface area contributed by atoms with E-state index >= 15 is 0 Å². The highest BCUT2D eigenvalue weighted by atomic mass is 79.9. The first-order valence-corrected chi connectivity index (χ1v) is 6.17. The summed E-state index contributed by atoms with van der Waals surface area (Å²) in [5.74, 6) is -0.621. The molecule has 0 bridgehead atoms. The molecule has 0 unspecified atom stereocenters. The minimum Gasteiger partial charge on any atom is -0.350 e. The standard InChI is InChI=1S/C12H11BrFN3O/c13-11-8-9(14)2-3-10(11)12(18)15-5-7-17-6-1-4-16-17/h1-4,6,8H,5,7H2,(H,15,18). The van der Waals surface area contributed by atoms with Crippen molar-refractivity contribution in [3.05, 3.63) is 52.5 Å². The molecule has 1 aromatic heterocycles. The Kier molecular flexibility index (Phi) is 4.09. The molecular weight excluding hydrogens is 301 g/mol. The summed E-state index contributed by atoms with van der Waals surface area (Å²) in [6, 6.07) is 5.79. The predicted molar refractivity (Wildman–Crippen MR) is 68.7 cm³/mol. The maximum absolute atomic E-state index is 12.9. The number of hydrogen-bond donors (Lipinski definition) is 1. The van der Waals surface area contributed by atoms with Crippen molar-refractivity contribution in [1.82, 2.24) is 15.1 Å². The van der Waals surface area contributed by atoms with E-state index in [9.17, 15) is 9.18 Å². The molecule has 4 nitrogen and oxygen atoms in total. The summed E-state index contributed by atoms with van der Waals surface area (Å²) in [4.78, 5) is 11.8. The molecule has 0 spiro atoms. The minimum atomic E-state index is -0.380. The number of amides is 1. The molecule has 0 aliphatic heterocycles. The van der Waals surface area contributed by atoms with Crippen LogP contribution in [0.4, 0.5) is 4.39 Å². The third-order valence-corrected chi connectivity index (χ3v) is 3.02. The number of benzene rings is 1. The second kappa shape index (κ2) is 5.77. The van der Waals surface area contributed by atoms with E-state index in [0.29, 0.717) is 23.1 Å². The first-order valence-electron chi connectivity index (χ1n) is 5.37. The molecule has 1 N–H and O–H groups in total. The van der Waals surface area contributed by atoms with Crippen molar-refractivity contribution in [1.29, 1.82) is 0 Å². The molecule has 94 valence electrons. The van der Waals surface area contributed by atoms with Crippen LogP contribution in [-0.4, -0.2) is 22.2 Å². The lowest BCUT2D eigenvalue weighted by molar-refractivity contribution is 0.0951. The molecule has 1 aromatic carbocycles. The molecule has 0 saturated carbocycles. The van der Waals surface area contributed by atoms with E-state index in [4.69, 9.17) is 0 Å². The predicted octanol–water partition coefficient (Wildman–Crippen LogP) is 2.21. The van der Waals surface area contributed by atoms with Gasteiger partial charge in [-0.05, 0) is 40.2 Å². The normalized spacial score (nSPS) is 10.3. The van der Waals surface area contributed by atoms with Gasteiger partial charge in [-0.3, -0.25) is 9.48 Å². The molecule has 0 fully saturated rings. The highest BCUT2D eigenvalue weighted by Crippen LogP contribution is 2.17. The van der Waals surface area contributed by atoms with Gasteiger partial charge in [-0.15, -0.1) is 0 Å². The summed E-state index contributed by atoms with van der Waals surface area (Å²) in [6.07, 6.45) is 3.50. The van der Waals surface area contributed by atoms with Gasteiger partial charge < -0.3 is 5.32 Å². The Morgan fingerprint density at radius 2 is 2.33 bits per heavy atom. The number of hydrogen-bond acceptors (Lipinski definition) is 2. The number of carbonyl (C=O) groups is 1. The second-order valence-corrected chi connectivity index (χ2v) is 4.50. The minimum absolute atomic E-state index is 0.242. The number of carbonyl (C=O) groups excluding carboxylic acids is 1. The maximum atomic E-state index is 12.9. The lowest BCUT2D eigenvalue weighted by Crippen LogP contribution is -2.27. The highest BCUT2D eigenvalue weighted by Gasteiger charge is 2.09. The van der Waals surface area contributed by atoms with Crippen LogP contribution < -0.4 is 5.32 Å². The van der Waals surface area contributed by atoms with Gasteiger partial charge in [0.05, 0.1) is 12.1 Å². The monoisotopic (exact) mass is 311 g/mol. The van der Waals surface area contributed by atoms with E-state index in [1.54, 1.807) is 10.9 Å². The van der Waals surface area contributed by atoms with Gasteiger partial charge in [0.15, 0.2) is 0 Å². The average Bonchev–Trinajstić information content (AvgIpc) is 2.81. The molecule has 0 saturated heterocycles. The van der Waals surface area contributed by atoms with Crippen molar-refractivity contribution in [2.24, 2.45) is 0 Å². The van der Waals surface area contributed by atoms with Crippen molar-refractivity contribution >= 4 is 21.8 Å². The van der Waals surface area contributed by atoms with Gasteiger partial charge in [-0.2, -0.15) is 5.10 Å². The molecule has 1 heterocycles. The van der Waals surface area contributed by atoms with Crippen molar-refractivity contribution in [2.45, 2.75) is 6.54 Å². The zero-order valence-electron chi connectivity index (χ0n) is 9.44. The van der Waals surface area contributed by atoms with Crippen molar-refractivity contribution in [2.75, 3.05) is 6.54 Å². The summed E-state index contributed by atoms with van der Waals surface area (Å²) in [5.41, 5.74) is 0.414. The second-order valence-electron chi connectivity index (χ2n) is 3.65. The Morgan fingerprint density at radius 1 is 1.50 bits per heavy atom. The molecule has 18 heavy (non-hydrogen) atoms. The Hall–Kier alpha value is -1.69. The third kappa shape index (κ3) is 3.16. The van der Waals surface area contributed by atoms with Crippen LogP contribution in [0.15, 0.2) is 41.1 Å². The summed E-state index contributed by atoms with van der Waals surface area (Å²) >= 11 is 3.16. The molecule has 0 atom stereocenters. The topological polar surface area (TPSA) is 46.9 Å². The molecule has 0 radical (unpaired) electrons. The van der Waals surface area contributed by atoms with Crippen LogP contribution in [-0.2, 0) is 6.54 Å². The fourth-order valence-corrected chi connectivity index (χ4v) is 2.02. The summed E-state index contributed by atoms with van der Waals surface area (Å²) in [6.45, 7) is 1.06. The Labute approximate surface area is 112 Å². The maximum Gasteiger partial charge on any atom is 0.252 e. The lowest BCUT2D eigenvalue weighted by Gasteiger charge is -2.07. The zero-order valence-corrected chi connectivity index (χ0v) is 11.0. The van der Waals surface area contributed by atoms with Gasteiger partial charge in [-0.1, -0.05) is 0 Å². The summed E-state index contributed by atoms with van der Waals surface area (Å²) < 4.78 is 15.0. The number of nitrogens with zero attached hydrogens (tertiary/aromatic N) is 2. The van der Waals surface area contributed by atoms with Gasteiger partial charge >= 0.3 is 0 Å². The first kappa shape index (κ1) is 12.8. The van der Waals surface area contributed by atoms with Crippen molar-refractivity contribution in [3.63, 3.8) is 0 Å². The summed E-state index contributed by atoms with van der Waals surface area (Å²) in [5, 5.41) is 6.77. The van der Waals surface area contributed by atoms with Gasteiger partial charge in [0.1, 0.15) is 5.82 Å². The van der Waals surface area contributed by atoms with E-state index < -0.39 is 0 Å². The quantitative estimate of drug-likeness (QED) is 0.941. The van der Waals surface area contributed by atoms with Crippen LogP contribution in [0.5, 0.6) is 0 Å². The van der Waals surface area contributed by atoms with Crippen LogP contribution in [0.3, 0.4) is 0 Å². The fourth-order valence-electron chi connectivity index (χ4n) is 1.49. The highest BCUT2D eigenvalue weighted by molar-refractivity contribution is 9.10. The van der Waals surface area contributed by atoms with Gasteiger partial charge in [0, 0.05) is 23.4 Å². The number of rotatable bonds is 4. The van der Waals surface area contributed by atoms with Crippen LogP contribution in [0, 0.1) is 5.82 Å². The van der Waals surface area contributed by atoms with E-state index in [0.717, 1.165) is 0 Å². The number of nitrogens with one attached hydrogen (secondary N) is 1. The number of halogens is 2. The van der Waals surface area contributed by atoms with Crippen LogP contribution in [0.25, 0.3) is 0 Å². The molecule has 1 amide bonds. The van der Waals surface area contributed by atoms with Gasteiger partial charge in [-0.25, -0.2) is 4.39 Å². The third-order valence-electron chi connectivity index (χ3n) is 2.36.